The molecule has 0 fully saturated rings. The van der Waals surface area contributed by atoms with Crippen LogP contribution in [0.3, 0.4) is 0 Å². The Morgan fingerprint density at radius 2 is 1.41 bits per heavy atom. The van der Waals surface area contributed by atoms with Crippen molar-refractivity contribution in [1.82, 2.24) is 4.90 Å². The highest BCUT2D eigenvalue weighted by atomic mass is 16.5. The third-order valence-electron chi connectivity index (χ3n) is 3.34. The fourth-order valence-corrected chi connectivity index (χ4v) is 2.00. The quantitative estimate of drug-likeness (QED) is 0.657. The van der Waals surface area contributed by atoms with Crippen molar-refractivity contribution >= 4 is 11.9 Å². The van der Waals surface area contributed by atoms with Gasteiger partial charge in [-0.05, 0) is 31.6 Å². The number of likely N-dealkylation sites (N-methyl/N-ethyl adjacent to an activating group) is 1. The number of nitrogens with zero attached hydrogens (tertiary/aromatic N) is 1. The fourth-order valence-electron chi connectivity index (χ4n) is 2.00. The van der Waals surface area contributed by atoms with Crippen LogP contribution in [-0.2, 0) is 9.47 Å². The molecule has 0 aromatic heterocycles. The van der Waals surface area contributed by atoms with Crippen LogP contribution in [0.15, 0.2) is 24.3 Å². The minimum absolute atomic E-state index is 0.253. The van der Waals surface area contributed by atoms with Gasteiger partial charge in [0, 0.05) is 6.54 Å². The van der Waals surface area contributed by atoms with Crippen molar-refractivity contribution in [2.45, 2.75) is 27.2 Å². The number of ether oxygens (including phenoxy) is 2. The molecule has 0 heterocycles. The molecule has 5 nitrogen and oxygen atoms in total. The van der Waals surface area contributed by atoms with Crippen LogP contribution in [0.1, 0.15) is 47.9 Å². The lowest BCUT2D eigenvalue weighted by Gasteiger charge is -2.17. The Bertz CT molecular complexity index is 483. The molecule has 1 aromatic carbocycles. The van der Waals surface area contributed by atoms with Crippen LogP contribution in [-0.4, -0.2) is 49.7 Å². The van der Waals surface area contributed by atoms with Gasteiger partial charge in [-0.1, -0.05) is 32.9 Å². The summed E-state index contributed by atoms with van der Waals surface area (Å²) in [5.74, 6) is -0.977. The lowest BCUT2D eigenvalue weighted by Crippen LogP contribution is -2.28. The molecular formula is C17H25NO4. The van der Waals surface area contributed by atoms with Gasteiger partial charge in [0.2, 0.25) is 0 Å². The molecular weight excluding hydrogens is 282 g/mol. The molecule has 1 rings (SSSR count). The maximum atomic E-state index is 12.2. The average Bonchev–Trinajstić information content (AvgIpc) is 2.56. The van der Waals surface area contributed by atoms with Crippen LogP contribution in [0.2, 0.25) is 0 Å². The highest BCUT2D eigenvalue weighted by molar-refractivity contribution is 6.03. The average molecular weight is 307 g/mol. The van der Waals surface area contributed by atoms with Crippen LogP contribution in [0.5, 0.6) is 0 Å². The van der Waals surface area contributed by atoms with Gasteiger partial charge >= 0.3 is 11.9 Å². The molecule has 22 heavy (non-hydrogen) atoms. The fraction of sp³-hybridized carbons (Fsp3) is 0.529. The van der Waals surface area contributed by atoms with Gasteiger partial charge in [0.05, 0.1) is 17.7 Å². The number of benzene rings is 1. The normalized spacial score (nSPS) is 10.5. The molecule has 0 unspecified atom stereocenters. The predicted octanol–water partition coefficient (Wildman–Crippen LogP) is 2.75. The van der Waals surface area contributed by atoms with Crippen molar-refractivity contribution in [3.05, 3.63) is 35.4 Å². The van der Waals surface area contributed by atoms with Crippen molar-refractivity contribution in [3.8, 4) is 0 Å². The van der Waals surface area contributed by atoms with Gasteiger partial charge < -0.3 is 14.4 Å². The first-order valence-corrected chi connectivity index (χ1v) is 7.79. The number of esters is 2. The van der Waals surface area contributed by atoms with E-state index in [0.717, 1.165) is 19.5 Å². The summed E-state index contributed by atoms with van der Waals surface area (Å²) in [5, 5.41) is 0. The van der Waals surface area contributed by atoms with Gasteiger partial charge in [0.15, 0.2) is 0 Å². The van der Waals surface area contributed by atoms with E-state index in [1.165, 1.54) is 0 Å². The monoisotopic (exact) mass is 307 g/mol. The molecule has 0 N–H and O–H groups in total. The minimum Gasteiger partial charge on any atom is -0.462 e. The summed E-state index contributed by atoms with van der Waals surface area (Å²) in [4.78, 5) is 26.3. The van der Waals surface area contributed by atoms with Crippen molar-refractivity contribution in [1.29, 1.82) is 0 Å². The molecule has 0 aliphatic carbocycles. The SMILES string of the molecule is CCCOC(=O)c1ccccc1C(=O)OCCN(CC)CC. The Hall–Kier alpha value is -1.88. The van der Waals surface area contributed by atoms with Crippen LogP contribution in [0.4, 0.5) is 0 Å². The molecule has 0 saturated carbocycles. The zero-order valence-corrected chi connectivity index (χ0v) is 13.6. The number of hydrogen-bond acceptors (Lipinski definition) is 5. The van der Waals surface area contributed by atoms with Crippen LogP contribution >= 0.6 is 0 Å². The summed E-state index contributed by atoms with van der Waals surface area (Å²) in [6, 6.07) is 6.58. The molecule has 0 amide bonds. The zero-order valence-electron chi connectivity index (χ0n) is 13.6. The molecule has 0 aliphatic heterocycles. The van der Waals surface area contributed by atoms with Crippen LogP contribution in [0, 0.1) is 0 Å². The number of carbonyl (C=O) groups excluding carboxylic acids is 2. The molecule has 0 radical (unpaired) electrons. The number of carbonyl (C=O) groups is 2. The Morgan fingerprint density at radius 3 is 1.86 bits per heavy atom. The van der Waals surface area contributed by atoms with E-state index in [4.69, 9.17) is 9.47 Å². The minimum atomic E-state index is -0.490. The molecule has 0 aliphatic rings. The van der Waals surface area contributed by atoms with Crippen molar-refractivity contribution < 1.29 is 19.1 Å². The topological polar surface area (TPSA) is 55.8 Å². The Morgan fingerprint density at radius 1 is 0.909 bits per heavy atom. The second-order valence-electron chi connectivity index (χ2n) is 4.84. The summed E-state index contributed by atoms with van der Waals surface area (Å²) in [5.41, 5.74) is 0.506. The van der Waals surface area contributed by atoms with E-state index >= 15 is 0 Å². The molecule has 0 spiro atoms. The van der Waals surface area contributed by atoms with Gasteiger partial charge in [-0.2, -0.15) is 0 Å². The molecule has 5 heteroatoms. The second kappa shape index (κ2) is 9.95. The van der Waals surface area contributed by atoms with E-state index in [1.807, 2.05) is 6.92 Å². The lowest BCUT2D eigenvalue weighted by atomic mass is 10.1. The Kier molecular flexibility index (Phi) is 8.22. The van der Waals surface area contributed by atoms with Gasteiger partial charge in [-0.3, -0.25) is 0 Å². The largest absolute Gasteiger partial charge is 0.462 e. The highest BCUT2D eigenvalue weighted by Crippen LogP contribution is 2.12. The van der Waals surface area contributed by atoms with Gasteiger partial charge in [-0.25, -0.2) is 9.59 Å². The third-order valence-corrected chi connectivity index (χ3v) is 3.34. The van der Waals surface area contributed by atoms with E-state index in [9.17, 15) is 9.59 Å². The molecule has 122 valence electrons. The Balaban J connectivity index is 2.67. The van der Waals surface area contributed by atoms with Crippen molar-refractivity contribution in [2.24, 2.45) is 0 Å². The molecule has 0 bridgehead atoms. The third kappa shape index (κ3) is 5.48. The summed E-state index contributed by atoms with van der Waals surface area (Å²) in [7, 11) is 0. The Labute approximate surface area is 132 Å². The van der Waals surface area contributed by atoms with E-state index in [1.54, 1.807) is 24.3 Å². The van der Waals surface area contributed by atoms with E-state index < -0.39 is 11.9 Å². The standard InChI is InChI=1S/C17H25NO4/c1-4-12-21-16(19)14-9-7-8-10-15(14)17(20)22-13-11-18(5-2)6-3/h7-10H,4-6,11-13H2,1-3H3. The van der Waals surface area contributed by atoms with E-state index in [-0.39, 0.29) is 11.1 Å². The summed E-state index contributed by atoms with van der Waals surface area (Å²) in [6.45, 7) is 9.18. The summed E-state index contributed by atoms with van der Waals surface area (Å²) >= 11 is 0. The maximum absolute atomic E-state index is 12.2. The van der Waals surface area contributed by atoms with Crippen LogP contribution in [0.25, 0.3) is 0 Å². The lowest BCUT2D eigenvalue weighted by molar-refractivity contribution is 0.0435. The summed E-state index contributed by atoms with van der Waals surface area (Å²) < 4.78 is 10.4. The smallest absolute Gasteiger partial charge is 0.339 e. The van der Waals surface area contributed by atoms with Crippen molar-refractivity contribution in [3.63, 3.8) is 0 Å². The maximum Gasteiger partial charge on any atom is 0.339 e. The zero-order chi connectivity index (χ0) is 16.4. The van der Waals surface area contributed by atoms with Gasteiger partial charge in [0.25, 0.3) is 0 Å². The second-order valence-corrected chi connectivity index (χ2v) is 4.84. The molecule has 0 saturated heterocycles. The van der Waals surface area contributed by atoms with Gasteiger partial charge in [0.1, 0.15) is 6.61 Å². The summed E-state index contributed by atoms with van der Waals surface area (Å²) in [6.07, 6.45) is 0.738. The number of rotatable bonds is 9. The number of hydrogen-bond donors (Lipinski definition) is 0. The van der Waals surface area contributed by atoms with E-state index in [2.05, 4.69) is 18.7 Å². The van der Waals surface area contributed by atoms with Gasteiger partial charge in [-0.15, -0.1) is 0 Å². The van der Waals surface area contributed by atoms with Crippen molar-refractivity contribution in [2.75, 3.05) is 32.8 Å². The highest BCUT2D eigenvalue weighted by Gasteiger charge is 2.18. The van der Waals surface area contributed by atoms with Crippen LogP contribution < -0.4 is 0 Å². The molecule has 1 aromatic rings. The first-order valence-electron chi connectivity index (χ1n) is 7.79. The first-order chi connectivity index (χ1) is 10.6. The predicted molar refractivity (Wildman–Crippen MR) is 85.1 cm³/mol. The molecule has 0 atom stereocenters. The first kappa shape index (κ1) is 18.2. The van der Waals surface area contributed by atoms with E-state index in [0.29, 0.717) is 19.8 Å².